The first-order chi connectivity index (χ1) is 14.3. The van der Waals surface area contributed by atoms with Gasteiger partial charge < -0.3 is 15.4 Å². The van der Waals surface area contributed by atoms with Gasteiger partial charge in [0.15, 0.2) is 6.61 Å². The van der Waals surface area contributed by atoms with E-state index >= 15 is 0 Å². The minimum atomic E-state index is -3.85. The smallest absolute Gasteiger partial charge is 0.263 e. The molecular formula is C18H19ClN4O5S2. The monoisotopic (exact) mass is 470 g/mol. The van der Waals surface area contributed by atoms with Crippen LogP contribution in [0, 0.1) is 6.92 Å². The summed E-state index contributed by atoms with van der Waals surface area (Å²) >= 11 is 7.49. The highest BCUT2D eigenvalue weighted by atomic mass is 35.5. The van der Waals surface area contributed by atoms with Gasteiger partial charge in [0.25, 0.3) is 11.8 Å². The Morgan fingerprint density at radius 3 is 2.77 bits per heavy atom. The average Bonchev–Trinajstić information content (AvgIpc) is 3.13. The number of amides is 2. The van der Waals surface area contributed by atoms with E-state index in [1.807, 2.05) is 0 Å². The number of halogens is 1. The van der Waals surface area contributed by atoms with Crippen molar-refractivity contribution in [2.45, 2.75) is 30.7 Å². The summed E-state index contributed by atoms with van der Waals surface area (Å²) < 4.78 is 32.9. The van der Waals surface area contributed by atoms with E-state index in [1.165, 1.54) is 27.8 Å². The van der Waals surface area contributed by atoms with Gasteiger partial charge in [0.05, 0.1) is 21.9 Å². The number of rotatable bonds is 4. The highest BCUT2D eigenvalue weighted by Crippen LogP contribution is 2.37. The number of hydrogen-bond acceptors (Lipinski definition) is 7. The number of fused-ring (bicyclic) bond motifs is 1. The molecule has 4 rings (SSSR count). The molecule has 1 aromatic heterocycles. The molecule has 1 aromatic carbocycles. The van der Waals surface area contributed by atoms with Crippen LogP contribution in [0.25, 0.3) is 0 Å². The Bertz CT molecular complexity index is 1110. The molecule has 12 heteroatoms. The normalized spacial score (nSPS) is 17.7. The maximum atomic E-state index is 13.1. The third-order valence-electron chi connectivity index (χ3n) is 5.03. The van der Waals surface area contributed by atoms with Crippen LogP contribution in [-0.4, -0.2) is 55.3 Å². The number of carbonyl (C=O) groups excluding carboxylic acids is 2. The largest absolute Gasteiger partial charge is 0.482 e. The Labute approximate surface area is 182 Å². The lowest BCUT2D eigenvalue weighted by Gasteiger charge is -2.32. The molecule has 0 aliphatic carbocycles. The summed E-state index contributed by atoms with van der Waals surface area (Å²) in [6, 6.07) is 2.60. The highest BCUT2D eigenvalue weighted by molar-refractivity contribution is 7.89. The number of benzene rings is 1. The van der Waals surface area contributed by atoms with Crippen LogP contribution in [-0.2, 0) is 14.8 Å². The second kappa shape index (κ2) is 8.14. The summed E-state index contributed by atoms with van der Waals surface area (Å²) in [5, 5.41) is 5.56. The van der Waals surface area contributed by atoms with Crippen molar-refractivity contribution in [1.29, 1.82) is 0 Å². The molecule has 0 saturated carbocycles. The van der Waals surface area contributed by atoms with Gasteiger partial charge in [-0.05, 0) is 25.8 Å². The third-order valence-corrected chi connectivity index (χ3v) is 8.32. The van der Waals surface area contributed by atoms with Crippen LogP contribution in [0.15, 0.2) is 22.5 Å². The first-order valence-corrected chi connectivity index (χ1v) is 11.9. The standard InChI is InChI=1S/C18H19ClN4O5S2/c1-10-17(29-9-20-10)18(25)21-11-2-4-23(5-3-11)30(26,27)15-7-14-13(6-12(15)19)22-16(24)8-28-14/h6-7,9,11H,2-5,8H2,1H3,(H,21,25)(H,22,24). The zero-order chi connectivity index (χ0) is 21.5. The summed E-state index contributed by atoms with van der Waals surface area (Å²) in [5.74, 6) is -0.250. The molecule has 0 atom stereocenters. The Morgan fingerprint density at radius 2 is 2.10 bits per heavy atom. The van der Waals surface area contributed by atoms with E-state index in [1.54, 1.807) is 12.4 Å². The van der Waals surface area contributed by atoms with Gasteiger partial charge in [-0.25, -0.2) is 13.4 Å². The Balaban J connectivity index is 1.45. The minimum Gasteiger partial charge on any atom is -0.482 e. The predicted octanol–water partition coefficient (Wildman–Crippen LogP) is 2.02. The van der Waals surface area contributed by atoms with Gasteiger partial charge >= 0.3 is 0 Å². The topological polar surface area (TPSA) is 118 Å². The van der Waals surface area contributed by atoms with Crippen LogP contribution in [0.4, 0.5) is 5.69 Å². The summed E-state index contributed by atoms with van der Waals surface area (Å²) in [6.07, 6.45) is 0.968. The lowest BCUT2D eigenvalue weighted by molar-refractivity contribution is -0.118. The molecule has 30 heavy (non-hydrogen) atoms. The van der Waals surface area contributed by atoms with E-state index in [9.17, 15) is 18.0 Å². The van der Waals surface area contributed by atoms with E-state index in [0.29, 0.717) is 29.1 Å². The van der Waals surface area contributed by atoms with Crippen molar-refractivity contribution in [3.05, 3.63) is 33.2 Å². The van der Waals surface area contributed by atoms with Crippen LogP contribution in [0.3, 0.4) is 0 Å². The molecule has 2 aromatic rings. The van der Waals surface area contributed by atoms with Gasteiger partial charge in [0, 0.05) is 25.2 Å². The lowest BCUT2D eigenvalue weighted by atomic mass is 10.1. The number of aromatic nitrogens is 1. The fraction of sp³-hybridized carbons (Fsp3) is 0.389. The molecule has 1 fully saturated rings. The van der Waals surface area contributed by atoms with Crippen molar-refractivity contribution in [3.8, 4) is 5.75 Å². The van der Waals surface area contributed by atoms with Gasteiger partial charge in [0.2, 0.25) is 10.0 Å². The van der Waals surface area contributed by atoms with Crippen molar-refractivity contribution >= 4 is 50.5 Å². The van der Waals surface area contributed by atoms with E-state index < -0.39 is 10.0 Å². The van der Waals surface area contributed by atoms with Crippen molar-refractivity contribution in [3.63, 3.8) is 0 Å². The van der Waals surface area contributed by atoms with E-state index in [4.69, 9.17) is 16.3 Å². The number of anilines is 1. The molecule has 160 valence electrons. The molecule has 1 saturated heterocycles. The second-order valence-corrected chi connectivity index (χ2v) is 10.2. The average molecular weight is 471 g/mol. The molecule has 0 radical (unpaired) electrons. The maximum absolute atomic E-state index is 13.1. The van der Waals surface area contributed by atoms with Crippen LogP contribution < -0.4 is 15.4 Å². The number of piperidine rings is 1. The van der Waals surface area contributed by atoms with Gasteiger partial charge in [0.1, 0.15) is 15.5 Å². The number of thiazole rings is 1. The third kappa shape index (κ3) is 4.02. The lowest BCUT2D eigenvalue weighted by Crippen LogP contribution is -2.46. The highest BCUT2D eigenvalue weighted by Gasteiger charge is 2.33. The van der Waals surface area contributed by atoms with Crippen LogP contribution in [0.1, 0.15) is 28.2 Å². The predicted molar refractivity (Wildman–Crippen MR) is 112 cm³/mol. The summed E-state index contributed by atoms with van der Waals surface area (Å²) in [4.78, 5) is 28.4. The molecule has 2 N–H and O–H groups in total. The van der Waals surface area contributed by atoms with Gasteiger partial charge in [-0.1, -0.05) is 11.6 Å². The Hall–Kier alpha value is -2.21. The van der Waals surface area contributed by atoms with Crippen LogP contribution in [0.5, 0.6) is 5.75 Å². The fourth-order valence-electron chi connectivity index (χ4n) is 3.43. The number of nitrogens with one attached hydrogen (secondary N) is 2. The maximum Gasteiger partial charge on any atom is 0.263 e. The van der Waals surface area contributed by atoms with Crippen molar-refractivity contribution in [2.75, 3.05) is 25.0 Å². The van der Waals surface area contributed by atoms with Crippen molar-refractivity contribution in [1.82, 2.24) is 14.6 Å². The molecule has 0 bridgehead atoms. The molecule has 0 spiro atoms. The zero-order valence-electron chi connectivity index (χ0n) is 16.0. The summed E-state index contributed by atoms with van der Waals surface area (Å²) in [6.45, 7) is 2.09. The van der Waals surface area contributed by atoms with Crippen LogP contribution >= 0.6 is 22.9 Å². The first kappa shape index (κ1) is 21.0. The number of sulfonamides is 1. The fourth-order valence-corrected chi connectivity index (χ4v) is 6.12. The van der Waals surface area contributed by atoms with Crippen LogP contribution in [0.2, 0.25) is 5.02 Å². The van der Waals surface area contributed by atoms with Crippen molar-refractivity contribution in [2.24, 2.45) is 0 Å². The van der Waals surface area contributed by atoms with Gasteiger partial charge in [-0.15, -0.1) is 11.3 Å². The molecule has 2 aliphatic heterocycles. The first-order valence-electron chi connectivity index (χ1n) is 9.23. The summed E-state index contributed by atoms with van der Waals surface area (Å²) in [7, 11) is -3.85. The second-order valence-electron chi connectivity index (χ2n) is 7.03. The van der Waals surface area contributed by atoms with E-state index in [2.05, 4.69) is 15.6 Å². The Morgan fingerprint density at radius 1 is 1.37 bits per heavy atom. The van der Waals surface area contributed by atoms with Crippen molar-refractivity contribution < 1.29 is 22.7 Å². The van der Waals surface area contributed by atoms with E-state index in [-0.39, 0.29) is 53.2 Å². The number of aryl methyl sites for hydroxylation is 1. The van der Waals surface area contributed by atoms with Gasteiger partial charge in [-0.3, -0.25) is 9.59 Å². The molecule has 3 heterocycles. The molecular weight excluding hydrogens is 452 g/mol. The number of hydrogen-bond donors (Lipinski definition) is 2. The molecule has 0 unspecified atom stereocenters. The zero-order valence-corrected chi connectivity index (χ0v) is 18.4. The number of carbonyl (C=O) groups is 2. The quantitative estimate of drug-likeness (QED) is 0.705. The Kier molecular flexibility index (Phi) is 5.71. The minimum absolute atomic E-state index is 0.00986. The molecule has 2 amide bonds. The number of ether oxygens (including phenoxy) is 1. The van der Waals surface area contributed by atoms with E-state index in [0.717, 1.165) is 0 Å². The SMILES string of the molecule is Cc1ncsc1C(=O)NC1CCN(S(=O)(=O)c2cc3c(cc2Cl)NC(=O)CO3)CC1. The van der Waals surface area contributed by atoms with Gasteiger partial charge in [-0.2, -0.15) is 4.31 Å². The molecule has 9 nitrogen and oxygen atoms in total. The molecule has 2 aliphatic rings. The summed E-state index contributed by atoms with van der Waals surface area (Å²) in [5.41, 5.74) is 2.64. The number of nitrogens with zero attached hydrogens (tertiary/aromatic N) is 2.